The van der Waals surface area contributed by atoms with Crippen LogP contribution in [0.5, 0.6) is 0 Å². The summed E-state index contributed by atoms with van der Waals surface area (Å²) in [6.07, 6.45) is 5.18. The van der Waals surface area contributed by atoms with Crippen LogP contribution in [-0.2, 0) is 16.1 Å². The highest BCUT2D eigenvalue weighted by atomic mass is 16.4. The van der Waals surface area contributed by atoms with Crippen molar-refractivity contribution in [3.8, 4) is 0 Å². The maximum Gasteiger partial charge on any atom is 0.326 e. The number of carbonyl (C=O) groups is 3. The van der Waals surface area contributed by atoms with Crippen molar-refractivity contribution in [3.05, 3.63) is 47.5 Å². The van der Waals surface area contributed by atoms with Crippen molar-refractivity contribution in [1.82, 2.24) is 10.2 Å². The van der Waals surface area contributed by atoms with Crippen molar-refractivity contribution in [2.24, 2.45) is 0 Å². The van der Waals surface area contributed by atoms with Crippen LogP contribution in [-0.4, -0.2) is 40.4 Å². The maximum absolute atomic E-state index is 12.2. The van der Waals surface area contributed by atoms with E-state index in [1.165, 1.54) is 0 Å². The van der Waals surface area contributed by atoms with Crippen LogP contribution < -0.4 is 5.32 Å². The predicted octanol–water partition coefficient (Wildman–Crippen LogP) is 1.96. The number of hydrogen-bond donors (Lipinski definition) is 2. The lowest BCUT2D eigenvalue weighted by atomic mass is 10.1. The van der Waals surface area contributed by atoms with Gasteiger partial charge >= 0.3 is 5.97 Å². The summed E-state index contributed by atoms with van der Waals surface area (Å²) in [7, 11) is 0. The topological polar surface area (TPSA) is 86.7 Å². The number of likely N-dealkylation sites (tertiary alicyclic amines) is 1. The van der Waals surface area contributed by atoms with Gasteiger partial charge in [-0.3, -0.25) is 9.59 Å². The number of carboxylic acids is 1. The molecule has 0 bridgehead atoms. The normalized spacial score (nSPS) is 15.7. The molecule has 128 valence electrons. The van der Waals surface area contributed by atoms with Crippen molar-refractivity contribution in [1.29, 1.82) is 0 Å². The molecule has 0 aromatic heterocycles. The smallest absolute Gasteiger partial charge is 0.326 e. The summed E-state index contributed by atoms with van der Waals surface area (Å²) < 4.78 is 0. The SMILES string of the molecule is C/C=C/CC(NC(=O)c1ccc(CN2CCCC2=O)cc1)C(=O)O. The summed E-state index contributed by atoms with van der Waals surface area (Å²) in [6.45, 7) is 3.11. The van der Waals surface area contributed by atoms with Crippen LogP contribution >= 0.6 is 0 Å². The molecule has 1 atom stereocenters. The maximum atomic E-state index is 12.2. The lowest BCUT2D eigenvalue weighted by Gasteiger charge is -2.16. The predicted molar refractivity (Wildman–Crippen MR) is 89.4 cm³/mol. The minimum absolute atomic E-state index is 0.157. The van der Waals surface area contributed by atoms with Crippen molar-refractivity contribution in [2.75, 3.05) is 6.54 Å². The van der Waals surface area contributed by atoms with Gasteiger partial charge in [-0.25, -0.2) is 4.79 Å². The molecule has 6 heteroatoms. The molecule has 1 fully saturated rings. The van der Waals surface area contributed by atoms with Crippen LogP contribution in [0.15, 0.2) is 36.4 Å². The van der Waals surface area contributed by atoms with E-state index in [2.05, 4.69) is 5.32 Å². The largest absolute Gasteiger partial charge is 0.480 e. The number of aliphatic carboxylic acids is 1. The van der Waals surface area contributed by atoms with Crippen molar-refractivity contribution in [2.45, 2.75) is 38.8 Å². The molecule has 2 N–H and O–H groups in total. The number of rotatable bonds is 7. The fraction of sp³-hybridized carbons (Fsp3) is 0.389. The van der Waals surface area contributed by atoms with Crippen molar-refractivity contribution in [3.63, 3.8) is 0 Å². The molecule has 0 saturated carbocycles. The molecule has 24 heavy (non-hydrogen) atoms. The number of benzene rings is 1. The highest BCUT2D eigenvalue weighted by molar-refractivity contribution is 5.96. The van der Waals surface area contributed by atoms with E-state index in [0.29, 0.717) is 18.5 Å². The summed E-state index contributed by atoms with van der Waals surface area (Å²) in [4.78, 5) is 36.8. The first-order chi connectivity index (χ1) is 11.5. The van der Waals surface area contributed by atoms with Gasteiger partial charge in [0.05, 0.1) is 0 Å². The molecule has 1 aliphatic rings. The third kappa shape index (κ3) is 4.68. The fourth-order valence-corrected chi connectivity index (χ4v) is 2.59. The quantitative estimate of drug-likeness (QED) is 0.748. The number of carbonyl (C=O) groups excluding carboxylic acids is 2. The second-order valence-electron chi connectivity index (χ2n) is 5.78. The molecular weight excluding hydrogens is 308 g/mol. The molecule has 1 unspecified atom stereocenters. The Bertz CT molecular complexity index is 637. The van der Waals surface area contributed by atoms with E-state index in [1.54, 1.807) is 48.2 Å². The number of nitrogens with zero attached hydrogens (tertiary/aromatic N) is 1. The standard InChI is InChI=1S/C18H22N2O4/c1-2-3-5-15(18(23)24)19-17(22)14-9-7-13(8-10-14)12-20-11-4-6-16(20)21/h2-3,7-10,15H,4-6,11-12H2,1H3,(H,19,22)(H,23,24)/b3-2+. The molecular formula is C18H22N2O4. The van der Waals surface area contributed by atoms with Crippen molar-refractivity contribution >= 4 is 17.8 Å². The Morgan fingerprint density at radius 2 is 2.04 bits per heavy atom. The molecule has 1 aromatic carbocycles. The summed E-state index contributed by atoms with van der Waals surface area (Å²) in [5.41, 5.74) is 1.35. The van der Waals surface area contributed by atoms with Gasteiger partial charge in [0.15, 0.2) is 0 Å². The minimum atomic E-state index is -1.06. The third-order valence-electron chi connectivity index (χ3n) is 3.97. The summed E-state index contributed by atoms with van der Waals surface area (Å²) >= 11 is 0. The first kappa shape index (κ1) is 17.7. The number of hydrogen-bond acceptors (Lipinski definition) is 3. The molecule has 1 saturated heterocycles. The number of nitrogens with one attached hydrogen (secondary N) is 1. The van der Waals surface area contributed by atoms with Gasteiger partial charge in [-0.2, -0.15) is 0 Å². The Kier molecular flexibility index (Phi) is 6.12. The van der Waals surface area contributed by atoms with Gasteiger partial charge < -0.3 is 15.3 Å². The second-order valence-corrected chi connectivity index (χ2v) is 5.78. The lowest BCUT2D eigenvalue weighted by Crippen LogP contribution is -2.40. The molecule has 6 nitrogen and oxygen atoms in total. The zero-order valence-electron chi connectivity index (χ0n) is 13.7. The summed E-state index contributed by atoms with van der Waals surface area (Å²) in [6, 6.07) is 5.94. The van der Waals surface area contributed by atoms with E-state index >= 15 is 0 Å². The van der Waals surface area contributed by atoms with E-state index in [1.807, 2.05) is 0 Å². The fourth-order valence-electron chi connectivity index (χ4n) is 2.59. The zero-order valence-corrected chi connectivity index (χ0v) is 13.7. The molecule has 0 radical (unpaired) electrons. The minimum Gasteiger partial charge on any atom is -0.480 e. The Labute approximate surface area is 141 Å². The van der Waals surface area contributed by atoms with E-state index in [9.17, 15) is 14.4 Å². The van der Waals surface area contributed by atoms with Crippen LogP contribution in [0.1, 0.15) is 42.1 Å². The highest BCUT2D eigenvalue weighted by Crippen LogP contribution is 2.15. The van der Waals surface area contributed by atoms with Crippen LogP contribution in [0, 0.1) is 0 Å². The highest BCUT2D eigenvalue weighted by Gasteiger charge is 2.21. The third-order valence-corrected chi connectivity index (χ3v) is 3.97. The average molecular weight is 330 g/mol. The van der Waals surface area contributed by atoms with Crippen molar-refractivity contribution < 1.29 is 19.5 Å². The van der Waals surface area contributed by atoms with Gasteiger partial charge in [-0.15, -0.1) is 0 Å². The molecule has 1 heterocycles. The average Bonchev–Trinajstić information content (AvgIpc) is 2.96. The van der Waals surface area contributed by atoms with Crippen LogP contribution in [0.3, 0.4) is 0 Å². The van der Waals surface area contributed by atoms with Crippen LogP contribution in [0.25, 0.3) is 0 Å². The number of carboxylic acid groups (broad SMARTS) is 1. The Hall–Kier alpha value is -2.63. The van der Waals surface area contributed by atoms with Crippen LogP contribution in [0.2, 0.25) is 0 Å². The van der Waals surface area contributed by atoms with Gasteiger partial charge in [0.1, 0.15) is 6.04 Å². The van der Waals surface area contributed by atoms with E-state index < -0.39 is 17.9 Å². The molecule has 1 aromatic rings. The van der Waals surface area contributed by atoms with Gasteiger partial charge in [0, 0.05) is 25.1 Å². The lowest BCUT2D eigenvalue weighted by molar-refractivity contribution is -0.139. The molecule has 0 spiro atoms. The molecule has 0 aliphatic carbocycles. The van der Waals surface area contributed by atoms with E-state index in [4.69, 9.17) is 5.11 Å². The van der Waals surface area contributed by atoms with Gasteiger partial charge in [0.2, 0.25) is 5.91 Å². The van der Waals surface area contributed by atoms with Crippen LogP contribution in [0.4, 0.5) is 0 Å². The van der Waals surface area contributed by atoms with Gasteiger partial charge in [-0.1, -0.05) is 24.3 Å². The van der Waals surface area contributed by atoms with E-state index in [0.717, 1.165) is 18.5 Å². The van der Waals surface area contributed by atoms with Gasteiger partial charge in [0.25, 0.3) is 5.91 Å². The Morgan fingerprint density at radius 1 is 1.33 bits per heavy atom. The summed E-state index contributed by atoms with van der Waals surface area (Å²) in [5, 5.41) is 11.7. The first-order valence-corrected chi connectivity index (χ1v) is 8.03. The monoisotopic (exact) mass is 330 g/mol. The Balaban J connectivity index is 1.97. The van der Waals surface area contributed by atoms with E-state index in [-0.39, 0.29) is 12.3 Å². The Morgan fingerprint density at radius 3 is 2.58 bits per heavy atom. The molecule has 1 aliphatic heterocycles. The zero-order chi connectivity index (χ0) is 17.5. The molecule has 2 amide bonds. The summed E-state index contributed by atoms with van der Waals surface area (Å²) in [5.74, 6) is -1.33. The molecule has 2 rings (SSSR count). The number of allylic oxidation sites excluding steroid dienone is 1. The van der Waals surface area contributed by atoms with Gasteiger partial charge in [-0.05, 0) is 37.5 Å². The first-order valence-electron chi connectivity index (χ1n) is 8.03. The second kappa shape index (κ2) is 8.29. The number of amides is 2.